The van der Waals surface area contributed by atoms with E-state index in [1.807, 2.05) is 12.1 Å². The number of rotatable bonds is 3. The van der Waals surface area contributed by atoms with Crippen molar-refractivity contribution < 1.29 is 19.1 Å². The van der Waals surface area contributed by atoms with Gasteiger partial charge in [0.05, 0.1) is 7.11 Å². The van der Waals surface area contributed by atoms with Crippen molar-refractivity contribution in [1.29, 1.82) is 0 Å². The van der Waals surface area contributed by atoms with Gasteiger partial charge in [-0.25, -0.2) is 0 Å². The first kappa shape index (κ1) is 18.0. The first-order valence-electron chi connectivity index (χ1n) is 7.32. The topological polar surface area (TPSA) is 66.8 Å². The lowest BCUT2D eigenvalue weighted by Crippen LogP contribution is -2.07. The van der Waals surface area contributed by atoms with E-state index in [-0.39, 0.29) is 11.1 Å². The second-order valence-electron chi connectivity index (χ2n) is 4.95. The van der Waals surface area contributed by atoms with Crippen LogP contribution in [0.15, 0.2) is 84.9 Å². The molecule has 0 saturated carbocycles. The highest BCUT2D eigenvalue weighted by atomic mass is 31.2. The Labute approximate surface area is 141 Å². The van der Waals surface area contributed by atoms with Crippen molar-refractivity contribution in [2.75, 3.05) is 7.11 Å². The summed E-state index contributed by atoms with van der Waals surface area (Å²) >= 11 is 0. The Balaban J connectivity index is 0.000000174. The Bertz CT molecular complexity index is 760. The minimum Gasteiger partial charge on any atom is -0.496 e. The van der Waals surface area contributed by atoms with Crippen molar-refractivity contribution >= 4 is 12.9 Å². The first-order valence-corrected chi connectivity index (χ1v) is 8.93. The molecule has 4 nitrogen and oxygen atoms in total. The van der Waals surface area contributed by atoms with Crippen LogP contribution < -0.4 is 10.0 Å². The molecule has 3 rings (SSSR count). The molecule has 0 aliphatic heterocycles. The van der Waals surface area contributed by atoms with E-state index in [0.717, 1.165) is 0 Å². The number of para-hydroxylation sites is 1. The molecule has 0 saturated heterocycles. The molecule has 0 fully saturated rings. The van der Waals surface area contributed by atoms with Crippen LogP contribution in [0.1, 0.15) is 0 Å². The molecule has 0 unspecified atom stereocenters. The molecule has 0 aromatic heterocycles. The summed E-state index contributed by atoms with van der Waals surface area (Å²) in [6.45, 7) is 0. The smallest absolute Gasteiger partial charge is 0.359 e. The lowest BCUT2D eigenvalue weighted by atomic mass is 10.1. The van der Waals surface area contributed by atoms with Gasteiger partial charge in [-0.1, -0.05) is 72.8 Å². The Hall–Kier alpha value is -2.39. The average molecular weight is 342 g/mol. The monoisotopic (exact) mass is 342 g/mol. The molecule has 24 heavy (non-hydrogen) atoms. The van der Waals surface area contributed by atoms with E-state index in [4.69, 9.17) is 14.5 Å². The van der Waals surface area contributed by atoms with Gasteiger partial charge in [0.1, 0.15) is 11.1 Å². The standard InChI is InChI=1S/C12H10.C7H9O4P/c1-3-7-11(8-4-1)12-9-5-2-6-10-12;1-11-6-4-2-3-5-7(6)12(8,9)10/h1-10H;2-5H,1H3,(H2,8,9,10). The van der Waals surface area contributed by atoms with Gasteiger partial charge in [0, 0.05) is 0 Å². The molecule has 5 heteroatoms. The van der Waals surface area contributed by atoms with Gasteiger partial charge in [-0.3, -0.25) is 4.57 Å². The van der Waals surface area contributed by atoms with E-state index in [1.54, 1.807) is 12.1 Å². The molecule has 0 atom stereocenters. The molecule has 0 radical (unpaired) electrons. The number of hydrogen-bond donors (Lipinski definition) is 2. The van der Waals surface area contributed by atoms with Crippen LogP contribution in [-0.2, 0) is 4.57 Å². The fraction of sp³-hybridized carbons (Fsp3) is 0.0526. The number of methoxy groups -OCH3 is 1. The van der Waals surface area contributed by atoms with E-state index in [0.29, 0.717) is 0 Å². The van der Waals surface area contributed by atoms with E-state index >= 15 is 0 Å². The van der Waals surface area contributed by atoms with E-state index < -0.39 is 7.60 Å². The molecule has 0 amide bonds. The van der Waals surface area contributed by atoms with Crippen molar-refractivity contribution in [2.45, 2.75) is 0 Å². The molecule has 124 valence electrons. The lowest BCUT2D eigenvalue weighted by molar-refractivity contribution is 0.380. The zero-order valence-electron chi connectivity index (χ0n) is 13.2. The molecule has 3 aromatic carbocycles. The van der Waals surface area contributed by atoms with Crippen LogP contribution in [0, 0.1) is 0 Å². The number of benzene rings is 3. The highest BCUT2D eigenvalue weighted by molar-refractivity contribution is 7.60. The minimum atomic E-state index is -4.20. The second-order valence-corrected chi connectivity index (χ2v) is 6.52. The van der Waals surface area contributed by atoms with Gasteiger partial charge in [-0.2, -0.15) is 0 Å². The van der Waals surface area contributed by atoms with Crippen molar-refractivity contribution in [1.82, 2.24) is 0 Å². The van der Waals surface area contributed by atoms with Gasteiger partial charge >= 0.3 is 7.60 Å². The normalized spacial score (nSPS) is 10.5. The number of ether oxygens (including phenoxy) is 1. The maximum absolute atomic E-state index is 10.8. The van der Waals surface area contributed by atoms with Crippen molar-refractivity contribution in [3.63, 3.8) is 0 Å². The summed E-state index contributed by atoms with van der Waals surface area (Å²) in [6, 6.07) is 26.8. The molecule has 0 spiro atoms. The Morgan fingerprint density at radius 2 is 1.12 bits per heavy atom. The third kappa shape index (κ3) is 5.07. The van der Waals surface area contributed by atoms with Crippen LogP contribution in [0.25, 0.3) is 11.1 Å². The summed E-state index contributed by atoms with van der Waals surface area (Å²) in [5.41, 5.74) is 2.55. The van der Waals surface area contributed by atoms with Gasteiger partial charge in [0.2, 0.25) is 0 Å². The SMILES string of the molecule is COc1ccccc1P(=O)(O)O.c1ccc(-c2ccccc2)cc1. The lowest BCUT2D eigenvalue weighted by Gasteiger charge is -2.08. The van der Waals surface area contributed by atoms with Crippen LogP contribution >= 0.6 is 7.60 Å². The van der Waals surface area contributed by atoms with Crippen LogP contribution in [0.4, 0.5) is 0 Å². The van der Waals surface area contributed by atoms with Crippen LogP contribution in [0.5, 0.6) is 5.75 Å². The first-order chi connectivity index (χ1) is 11.5. The molecule has 0 bridgehead atoms. The summed E-state index contributed by atoms with van der Waals surface area (Å²) in [6.07, 6.45) is 0. The highest BCUT2D eigenvalue weighted by Crippen LogP contribution is 2.36. The summed E-state index contributed by atoms with van der Waals surface area (Å²) in [5.74, 6) is 0.214. The van der Waals surface area contributed by atoms with Crippen LogP contribution in [0.3, 0.4) is 0 Å². The summed E-state index contributed by atoms with van der Waals surface area (Å²) < 4.78 is 15.6. The largest absolute Gasteiger partial charge is 0.496 e. The van der Waals surface area contributed by atoms with E-state index in [1.165, 1.54) is 30.4 Å². The molecular formula is C19H19O4P. The second kappa shape index (κ2) is 8.46. The van der Waals surface area contributed by atoms with Crippen LogP contribution in [0.2, 0.25) is 0 Å². The maximum atomic E-state index is 10.8. The summed E-state index contributed by atoms with van der Waals surface area (Å²) in [7, 11) is -2.83. The predicted molar refractivity (Wildman–Crippen MR) is 96.6 cm³/mol. The zero-order chi connectivity index (χ0) is 17.4. The Morgan fingerprint density at radius 1 is 0.708 bits per heavy atom. The number of hydrogen-bond acceptors (Lipinski definition) is 2. The molecular weight excluding hydrogens is 323 g/mol. The summed E-state index contributed by atoms with van der Waals surface area (Å²) in [5, 5.41) is -0.0764. The fourth-order valence-corrected chi connectivity index (χ4v) is 2.86. The van der Waals surface area contributed by atoms with Gasteiger partial charge in [0.25, 0.3) is 0 Å². The molecule has 0 aliphatic carbocycles. The molecule has 0 aliphatic rings. The van der Waals surface area contributed by atoms with Gasteiger partial charge in [-0.05, 0) is 23.3 Å². The van der Waals surface area contributed by atoms with Crippen molar-refractivity contribution in [3.05, 3.63) is 84.9 Å². The zero-order valence-corrected chi connectivity index (χ0v) is 14.1. The van der Waals surface area contributed by atoms with Crippen LogP contribution in [-0.4, -0.2) is 16.9 Å². The minimum absolute atomic E-state index is 0.0764. The van der Waals surface area contributed by atoms with Gasteiger partial charge < -0.3 is 14.5 Å². The van der Waals surface area contributed by atoms with Gasteiger partial charge in [0.15, 0.2) is 0 Å². The third-order valence-corrected chi connectivity index (χ3v) is 4.28. The third-order valence-electron chi connectivity index (χ3n) is 3.28. The quantitative estimate of drug-likeness (QED) is 0.710. The van der Waals surface area contributed by atoms with Crippen molar-refractivity contribution in [2.24, 2.45) is 0 Å². The molecule has 0 heterocycles. The molecule has 2 N–H and O–H groups in total. The van der Waals surface area contributed by atoms with E-state index in [9.17, 15) is 4.57 Å². The van der Waals surface area contributed by atoms with E-state index in [2.05, 4.69) is 48.5 Å². The maximum Gasteiger partial charge on any atom is 0.359 e. The predicted octanol–water partition coefficient (Wildman–Crippen LogP) is 3.85. The van der Waals surface area contributed by atoms with Crippen molar-refractivity contribution in [3.8, 4) is 16.9 Å². The average Bonchev–Trinajstić information content (AvgIpc) is 2.63. The van der Waals surface area contributed by atoms with Gasteiger partial charge in [-0.15, -0.1) is 0 Å². The molecule has 3 aromatic rings. The summed E-state index contributed by atoms with van der Waals surface area (Å²) in [4.78, 5) is 17.7. The fourth-order valence-electron chi connectivity index (χ4n) is 2.13. The Morgan fingerprint density at radius 3 is 1.50 bits per heavy atom. The Kier molecular flexibility index (Phi) is 6.33. The highest BCUT2D eigenvalue weighted by Gasteiger charge is 2.21.